The van der Waals surface area contributed by atoms with E-state index in [2.05, 4.69) is 21.4 Å². The molecule has 0 aliphatic rings. The summed E-state index contributed by atoms with van der Waals surface area (Å²) in [6, 6.07) is 16.0. The maximum atomic E-state index is 11.3. The number of aromatic nitrogens is 2. The zero-order valence-electron chi connectivity index (χ0n) is 15.0. The average molecular weight is 375 g/mol. The predicted octanol–water partition coefficient (Wildman–Crippen LogP) is 2.78. The first kappa shape index (κ1) is 18.7. The van der Waals surface area contributed by atoms with Crippen LogP contribution in [0.15, 0.2) is 54.7 Å². The summed E-state index contributed by atoms with van der Waals surface area (Å²) < 4.78 is 11.2. The molecular weight excluding hydrogens is 358 g/mol. The van der Waals surface area contributed by atoms with Crippen molar-refractivity contribution in [3.8, 4) is 17.6 Å². The number of nitrogens with zero attached hydrogens (tertiary/aromatic N) is 3. The van der Waals surface area contributed by atoms with E-state index >= 15 is 0 Å². The number of primary amides is 1. The molecule has 8 heteroatoms. The van der Waals surface area contributed by atoms with Crippen molar-refractivity contribution in [3.63, 3.8) is 0 Å². The molecule has 0 unspecified atom stereocenters. The molecule has 0 spiro atoms. The van der Waals surface area contributed by atoms with Gasteiger partial charge in [-0.25, -0.2) is 9.97 Å². The highest BCUT2D eigenvalue weighted by Crippen LogP contribution is 2.27. The van der Waals surface area contributed by atoms with Crippen LogP contribution in [-0.2, 0) is 6.61 Å². The van der Waals surface area contributed by atoms with E-state index < -0.39 is 5.91 Å². The Morgan fingerprint density at radius 2 is 2.04 bits per heavy atom. The third kappa shape index (κ3) is 4.34. The summed E-state index contributed by atoms with van der Waals surface area (Å²) in [4.78, 5) is 19.3. The number of hydrogen-bond acceptors (Lipinski definition) is 7. The summed E-state index contributed by atoms with van der Waals surface area (Å²) in [6.07, 6.45) is 1.43. The second-order valence-corrected chi connectivity index (χ2v) is 5.68. The Morgan fingerprint density at radius 1 is 1.21 bits per heavy atom. The lowest BCUT2D eigenvalue weighted by molar-refractivity contribution is 0.0995. The number of carbonyl (C=O) groups is 1. The third-order valence-electron chi connectivity index (χ3n) is 3.84. The highest BCUT2D eigenvalue weighted by Gasteiger charge is 2.10. The Balaban J connectivity index is 1.81. The number of nitrogens with two attached hydrogens (primary N) is 1. The Bertz CT molecular complexity index is 1050. The third-order valence-corrected chi connectivity index (χ3v) is 3.84. The van der Waals surface area contributed by atoms with Crippen molar-refractivity contribution in [3.05, 3.63) is 71.5 Å². The topological polar surface area (TPSA) is 123 Å². The summed E-state index contributed by atoms with van der Waals surface area (Å²) in [6.45, 7) is 0.232. The summed E-state index contributed by atoms with van der Waals surface area (Å²) in [5, 5.41) is 12.3. The van der Waals surface area contributed by atoms with Gasteiger partial charge in [0.2, 0.25) is 5.95 Å². The van der Waals surface area contributed by atoms with Gasteiger partial charge < -0.3 is 20.5 Å². The molecule has 0 saturated carbocycles. The van der Waals surface area contributed by atoms with Crippen LogP contribution in [0.3, 0.4) is 0 Å². The van der Waals surface area contributed by atoms with Crippen LogP contribution in [-0.4, -0.2) is 23.0 Å². The molecule has 1 heterocycles. The van der Waals surface area contributed by atoms with Crippen molar-refractivity contribution in [1.82, 2.24) is 9.97 Å². The molecule has 1 aromatic heterocycles. The number of para-hydroxylation sites is 1. The number of nitriles is 1. The van der Waals surface area contributed by atoms with Gasteiger partial charge in [-0.1, -0.05) is 18.2 Å². The molecule has 0 radical (unpaired) electrons. The largest absolute Gasteiger partial charge is 0.496 e. The maximum absolute atomic E-state index is 11.3. The summed E-state index contributed by atoms with van der Waals surface area (Å²) in [5.41, 5.74) is 7.16. The molecule has 0 aliphatic carbocycles. The van der Waals surface area contributed by atoms with E-state index in [9.17, 15) is 10.1 Å². The minimum Gasteiger partial charge on any atom is -0.496 e. The van der Waals surface area contributed by atoms with Gasteiger partial charge in [0.05, 0.1) is 12.7 Å². The molecular formula is C20H17N5O3. The number of nitrogens with one attached hydrogen (secondary N) is 1. The molecule has 28 heavy (non-hydrogen) atoms. The van der Waals surface area contributed by atoms with E-state index in [4.69, 9.17) is 15.2 Å². The van der Waals surface area contributed by atoms with Crippen LogP contribution in [0.2, 0.25) is 0 Å². The molecule has 1 amide bonds. The quantitative estimate of drug-likeness (QED) is 0.651. The van der Waals surface area contributed by atoms with Gasteiger partial charge in [0, 0.05) is 23.5 Å². The zero-order chi connectivity index (χ0) is 19.9. The van der Waals surface area contributed by atoms with Gasteiger partial charge in [-0.3, -0.25) is 4.79 Å². The summed E-state index contributed by atoms with van der Waals surface area (Å²) >= 11 is 0. The normalized spacial score (nSPS) is 10.0. The van der Waals surface area contributed by atoms with Crippen LogP contribution in [0.4, 0.5) is 11.6 Å². The van der Waals surface area contributed by atoms with Crippen LogP contribution in [0.5, 0.6) is 11.5 Å². The van der Waals surface area contributed by atoms with Crippen molar-refractivity contribution in [2.45, 2.75) is 6.61 Å². The van der Waals surface area contributed by atoms with E-state index in [1.165, 1.54) is 12.3 Å². The number of carbonyl (C=O) groups excluding carboxylic acids is 1. The molecule has 140 valence electrons. The van der Waals surface area contributed by atoms with Gasteiger partial charge >= 0.3 is 0 Å². The van der Waals surface area contributed by atoms with Crippen LogP contribution in [0.25, 0.3) is 0 Å². The minimum absolute atomic E-state index is 0.0961. The van der Waals surface area contributed by atoms with Crippen LogP contribution in [0.1, 0.15) is 21.6 Å². The van der Waals surface area contributed by atoms with Gasteiger partial charge in [0.25, 0.3) is 5.91 Å². The van der Waals surface area contributed by atoms with E-state index in [1.807, 2.05) is 24.3 Å². The molecule has 0 aliphatic heterocycles. The monoisotopic (exact) mass is 375 g/mol. The minimum atomic E-state index is -0.647. The van der Waals surface area contributed by atoms with Crippen molar-refractivity contribution in [2.24, 2.45) is 5.73 Å². The number of rotatable bonds is 7. The van der Waals surface area contributed by atoms with E-state index in [1.54, 1.807) is 25.3 Å². The fourth-order valence-corrected chi connectivity index (χ4v) is 2.47. The second-order valence-electron chi connectivity index (χ2n) is 5.68. The standard InChI is InChI=1S/C20H17N5O3/c1-27-17-5-3-2-4-14(17)12-28-18-10-15(7-6-13(18)11-21)24-20-23-9-8-16(25-20)19(22)26/h2-10H,12H2,1H3,(H2,22,26)(H,23,24,25). The molecule has 0 saturated heterocycles. The fourth-order valence-electron chi connectivity index (χ4n) is 2.47. The Labute approximate surface area is 161 Å². The lowest BCUT2D eigenvalue weighted by atomic mass is 10.2. The SMILES string of the molecule is COc1ccccc1COc1cc(Nc2nccc(C(N)=O)n2)ccc1C#N. The summed E-state index contributed by atoms with van der Waals surface area (Å²) in [7, 11) is 1.59. The van der Waals surface area contributed by atoms with Crippen molar-refractivity contribution < 1.29 is 14.3 Å². The predicted molar refractivity (Wildman–Crippen MR) is 102 cm³/mol. The van der Waals surface area contributed by atoms with Gasteiger partial charge in [-0.05, 0) is 24.3 Å². The number of amides is 1. The second kappa shape index (κ2) is 8.51. The molecule has 3 rings (SSSR count). The van der Waals surface area contributed by atoms with Crippen molar-refractivity contribution >= 4 is 17.5 Å². The maximum Gasteiger partial charge on any atom is 0.267 e. The molecule has 0 bridgehead atoms. The number of anilines is 2. The molecule has 0 fully saturated rings. The first-order chi connectivity index (χ1) is 13.6. The number of hydrogen-bond donors (Lipinski definition) is 2. The smallest absolute Gasteiger partial charge is 0.267 e. The lowest BCUT2D eigenvalue weighted by Crippen LogP contribution is -2.14. The van der Waals surface area contributed by atoms with Crippen molar-refractivity contribution in [2.75, 3.05) is 12.4 Å². The van der Waals surface area contributed by atoms with Gasteiger partial charge in [0.1, 0.15) is 29.9 Å². The molecule has 8 nitrogen and oxygen atoms in total. The van der Waals surface area contributed by atoms with Gasteiger partial charge in [-0.2, -0.15) is 5.26 Å². The highest BCUT2D eigenvalue weighted by atomic mass is 16.5. The first-order valence-electron chi connectivity index (χ1n) is 8.29. The lowest BCUT2D eigenvalue weighted by Gasteiger charge is -2.13. The van der Waals surface area contributed by atoms with Gasteiger partial charge in [0.15, 0.2) is 0 Å². The highest BCUT2D eigenvalue weighted by molar-refractivity contribution is 5.90. The Morgan fingerprint density at radius 3 is 2.79 bits per heavy atom. The van der Waals surface area contributed by atoms with E-state index in [0.717, 1.165) is 5.56 Å². The average Bonchev–Trinajstić information content (AvgIpc) is 2.72. The van der Waals surface area contributed by atoms with E-state index in [0.29, 0.717) is 22.7 Å². The number of benzene rings is 2. The molecule has 3 aromatic rings. The first-order valence-corrected chi connectivity index (χ1v) is 8.29. The van der Waals surface area contributed by atoms with Crippen LogP contribution in [0, 0.1) is 11.3 Å². The fraction of sp³-hybridized carbons (Fsp3) is 0.100. The van der Waals surface area contributed by atoms with Crippen LogP contribution < -0.4 is 20.5 Å². The Kier molecular flexibility index (Phi) is 5.67. The summed E-state index contributed by atoms with van der Waals surface area (Å²) in [5.74, 6) is 0.652. The van der Waals surface area contributed by atoms with Gasteiger partial charge in [-0.15, -0.1) is 0 Å². The molecule has 3 N–H and O–H groups in total. The number of ether oxygens (including phenoxy) is 2. The zero-order valence-corrected chi connectivity index (χ0v) is 15.0. The van der Waals surface area contributed by atoms with Crippen LogP contribution >= 0.6 is 0 Å². The van der Waals surface area contributed by atoms with E-state index in [-0.39, 0.29) is 18.2 Å². The number of methoxy groups -OCH3 is 1. The molecule has 2 aromatic carbocycles. The van der Waals surface area contributed by atoms with Crippen molar-refractivity contribution in [1.29, 1.82) is 5.26 Å². The molecule has 0 atom stereocenters. The Hall–Kier alpha value is -4.12.